The zero-order chi connectivity index (χ0) is 25.1. The summed E-state index contributed by atoms with van der Waals surface area (Å²) in [7, 11) is -1.54. The molecule has 2 aromatic carbocycles. The Morgan fingerprint density at radius 3 is 2.50 bits per heavy atom. The van der Waals surface area contributed by atoms with E-state index in [2.05, 4.69) is 9.82 Å². The van der Waals surface area contributed by atoms with Gasteiger partial charge in [0.2, 0.25) is 10.0 Å². The van der Waals surface area contributed by atoms with Gasteiger partial charge < -0.3 is 9.47 Å². The summed E-state index contributed by atoms with van der Waals surface area (Å²) >= 11 is 0. The van der Waals surface area contributed by atoms with Crippen LogP contribution in [0, 0.1) is 10.1 Å². The molecule has 10 nitrogen and oxygen atoms in total. The first kappa shape index (κ1) is 25.0. The first-order valence-electron chi connectivity index (χ1n) is 9.53. The van der Waals surface area contributed by atoms with Crippen LogP contribution >= 0.6 is 0 Å². The van der Waals surface area contributed by atoms with Gasteiger partial charge in [0.05, 0.1) is 37.4 Å². The van der Waals surface area contributed by atoms with Gasteiger partial charge in [-0.15, -0.1) is 0 Å². The third kappa shape index (κ3) is 5.82. The van der Waals surface area contributed by atoms with Crippen molar-refractivity contribution in [2.24, 2.45) is 0 Å². The van der Waals surface area contributed by atoms with Gasteiger partial charge in [0, 0.05) is 36.5 Å². The molecular formula is C20H19F3N4O6S. The average Bonchev–Trinajstić information content (AvgIpc) is 3.23. The third-order valence-electron chi connectivity index (χ3n) is 4.68. The highest BCUT2D eigenvalue weighted by molar-refractivity contribution is 7.89. The van der Waals surface area contributed by atoms with Crippen LogP contribution in [0.15, 0.2) is 53.7 Å². The summed E-state index contributed by atoms with van der Waals surface area (Å²) in [6.07, 6.45) is -3.80. The molecule has 0 unspecified atom stereocenters. The van der Waals surface area contributed by atoms with E-state index in [1.54, 1.807) is 18.2 Å². The van der Waals surface area contributed by atoms with Gasteiger partial charge in [-0.05, 0) is 17.7 Å². The van der Waals surface area contributed by atoms with Crippen molar-refractivity contribution in [1.82, 2.24) is 14.5 Å². The second kappa shape index (κ2) is 9.69. The largest absolute Gasteiger partial charge is 0.497 e. The van der Waals surface area contributed by atoms with Crippen LogP contribution in [0.5, 0.6) is 11.5 Å². The third-order valence-corrected chi connectivity index (χ3v) is 6.11. The number of halogens is 3. The number of hydrogen-bond donors (Lipinski definition) is 1. The van der Waals surface area contributed by atoms with Crippen LogP contribution in [-0.2, 0) is 23.0 Å². The van der Waals surface area contributed by atoms with Crippen LogP contribution in [0.3, 0.4) is 0 Å². The number of sulfonamides is 1. The molecule has 182 valence electrons. The number of nitrogens with zero attached hydrogens (tertiary/aromatic N) is 3. The maximum absolute atomic E-state index is 13.1. The molecule has 0 aliphatic carbocycles. The molecular weight excluding hydrogens is 481 g/mol. The molecule has 0 aliphatic rings. The Balaban J connectivity index is 1.98. The zero-order valence-corrected chi connectivity index (χ0v) is 18.7. The van der Waals surface area contributed by atoms with E-state index < -0.39 is 38.1 Å². The van der Waals surface area contributed by atoms with E-state index in [0.717, 1.165) is 35.3 Å². The van der Waals surface area contributed by atoms with Crippen molar-refractivity contribution >= 4 is 15.7 Å². The number of rotatable bonds is 9. The van der Waals surface area contributed by atoms with Crippen molar-refractivity contribution in [2.45, 2.75) is 24.0 Å². The van der Waals surface area contributed by atoms with Gasteiger partial charge in [0.15, 0.2) is 0 Å². The maximum Gasteiger partial charge on any atom is 0.393 e. The second-order valence-corrected chi connectivity index (χ2v) is 8.73. The molecule has 0 aliphatic heterocycles. The lowest BCUT2D eigenvalue weighted by Gasteiger charge is -2.14. The summed E-state index contributed by atoms with van der Waals surface area (Å²) in [5, 5.41) is 15.0. The van der Waals surface area contributed by atoms with Gasteiger partial charge in [-0.2, -0.15) is 18.3 Å². The van der Waals surface area contributed by atoms with E-state index in [4.69, 9.17) is 9.47 Å². The van der Waals surface area contributed by atoms with Crippen LogP contribution in [0.2, 0.25) is 0 Å². The fraction of sp³-hybridized carbons (Fsp3) is 0.250. The van der Waals surface area contributed by atoms with Crippen molar-refractivity contribution in [3.8, 4) is 17.2 Å². The van der Waals surface area contributed by atoms with Crippen LogP contribution in [0.25, 0.3) is 5.69 Å². The molecule has 0 amide bonds. The molecule has 0 saturated carbocycles. The molecule has 0 radical (unpaired) electrons. The summed E-state index contributed by atoms with van der Waals surface area (Å²) in [6, 6.07) is 7.67. The van der Waals surface area contributed by atoms with Gasteiger partial charge in [0.25, 0.3) is 5.69 Å². The summed E-state index contributed by atoms with van der Waals surface area (Å²) in [4.78, 5) is 9.91. The first-order valence-corrected chi connectivity index (χ1v) is 11.0. The van der Waals surface area contributed by atoms with Crippen molar-refractivity contribution in [2.75, 3.05) is 14.2 Å². The van der Waals surface area contributed by atoms with Crippen molar-refractivity contribution in [3.05, 3.63) is 70.0 Å². The van der Waals surface area contributed by atoms with E-state index >= 15 is 0 Å². The summed E-state index contributed by atoms with van der Waals surface area (Å²) in [5.41, 5.74) is -0.433. The number of nitro benzene ring substituents is 1. The van der Waals surface area contributed by atoms with Crippen LogP contribution in [0.1, 0.15) is 11.1 Å². The average molecular weight is 500 g/mol. The number of methoxy groups -OCH3 is 2. The highest BCUT2D eigenvalue weighted by atomic mass is 32.2. The number of ether oxygens (including phenoxy) is 2. The summed E-state index contributed by atoms with van der Waals surface area (Å²) in [6.45, 7) is -0.240. The Hall–Kier alpha value is -3.65. The maximum atomic E-state index is 13.1. The van der Waals surface area contributed by atoms with Gasteiger partial charge in [-0.1, -0.05) is 6.07 Å². The minimum absolute atomic E-state index is 0.159. The predicted octanol–water partition coefficient (Wildman–Crippen LogP) is 3.38. The van der Waals surface area contributed by atoms with E-state index in [-0.39, 0.29) is 17.8 Å². The van der Waals surface area contributed by atoms with Gasteiger partial charge in [-0.25, -0.2) is 17.8 Å². The SMILES string of the molecule is COc1ccc(CNS(=O)(=O)c2cc([N+](=O)[O-])ccc2-n2cc(CC(F)(F)F)cn2)c(OC)c1. The molecule has 3 rings (SSSR count). The number of nitrogens with one attached hydrogen (secondary N) is 1. The summed E-state index contributed by atoms with van der Waals surface area (Å²) in [5.74, 6) is 0.822. The van der Waals surface area contributed by atoms with E-state index in [1.807, 2.05) is 0 Å². The molecule has 0 bridgehead atoms. The van der Waals surface area contributed by atoms with Crippen LogP contribution < -0.4 is 14.2 Å². The number of nitro groups is 1. The molecule has 1 heterocycles. The molecule has 0 fully saturated rings. The Kier molecular flexibility index (Phi) is 7.12. The Morgan fingerprint density at radius 2 is 1.88 bits per heavy atom. The van der Waals surface area contributed by atoms with Crippen LogP contribution in [0.4, 0.5) is 18.9 Å². The molecule has 0 saturated heterocycles. The van der Waals surface area contributed by atoms with Crippen molar-refractivity contribution < 1.29 is 36.0 Å². The van der Waals surface area contributed by atoms with Crippen molar-refractivity contribution in [1.29, 1.82) is 0 Å². The lowest BCUT2D eigenvalue weighted by molar-refractivity contribution is -0.385. The molecule has 0 spiro atoms. The number of benzene rings is 2. The number of non-ortho nitro benzene ring substituents is 1. The zero-order valence-electron chi connectivity index (χ0n) is 17.9. The van der Waals surface area contributed by atoms with E-state index in [1.165, 1.54) is 14.2 Å². The molecule has 3 aromatic rings. The molecule has 14 heteroatoms. The fourth-order valence-corrected chi connectivity index (χ4v) is 4.30. The monoisotopic (exact) mass is 500 g/mol. The van der Waals surface area contributed by atoms with Gasteiger partial charge in [0.1, 0.15) is 16.4 Å². The smallest absolute Gasteiger partial charge is 0.393 e. The van der Waals surface area contributed by atoms with Gasteiger partial charge >= 0.3 is 6.18 Å². The quantitative estimate of drug-likeness (QED) is 0.353. The molecule has 0 atom stereocenters. The molecule has 1 aromatic heterocycles. The normalized spacial score (nSPS) is 11.9. The van der Waals surface area contributed by atoms with Crippen LogP contribution in [-0.4, -0.2) is 43.5 Å². The van der Waals surface area contributed by atoms with Gasteiger partial charge in [-0.3, -0.25) is 10.1 Å². The fourth-order valence-electron chi connectivity index (χ4n) is 3.08. The van der Waals surface area contributed by atoms with E-state index in [9.17, 15) is 31.7 Å². The standard InChI is InChI=1S/C20H19F3N4O6S/c1-32-16-5-3-14(18(8-16)33-2)11-25-34(30,31)19-7-15(27(28)29)4-6-17(19)26-12-13(10-24-26)9-20(21,22)23/h3-8,10,12,25H,9,11H2,1-2H3. The highest BCUT2D eigenvalue weighted by Crippen LogP contribution is 2.28. The molecule has 34 heavy (non-hydrogen) atoms. The first-order chi connectivity index (χ1) is 15.9. The minimum atomic E-state index is -4.49. The molecule has 1 N–H and O–H groups in total. The topological polar surface area (TPSA) is 126 Å². The lowest BCUT2D eigenvalue weighted by atomic mass is 10.2. The second-order valence-electron chi connectivity index (χ2n) is 7.00. The Morgan fingerprint density at radius 1 is 1.15 bits per heavy atom. The number of alkyl halides is 3. The van der Waals surface area contributed by atoms with Crippen molar-refractivity contribution in [3.63, 3.8) is 0 Å². The number of aromatic nitrogens is 2. The minimum Gasteiger partial charge on any atom is -0.497 e. The lowest BCUT2D eigenvalue weighted by Crippen LogP contribution is -2.25. The Labute approximate surface area is 192 Å². The predicted molar refractivity (Wildman–Crippen MR) is 114 cm³/mol. The Bertz CT molecular complexity index is 1310. The summed E-state index contributed by atoms with van der Waals surface area (Å²) < 4.78 is 77.9. The number of hydrogen-bond acceptors (Lipinski definition) is 7. The van der Waals surface area contributed by atoms with E-state index in [0.29, 0.717) is 17.1 Å². The highest BCUT2D eigenvalue weighted by Gasteiger charge is 2.29.